The van der Waals surface area contributed by atoms with Crippen molar-refractivity contribution in [2.75, 3.05) is 44.2 Å². The molecule has 2 heterocycles. The number of alkyl halides is 3. The fourth-order valence-electron chi connectivity index (χ4n) is 6.49. The molecule has 5 nitrogen and oxygen atoms in total. The Balaban J connectivity index is 1.11. The van der Waals surface area contributed by atoms with E-state index >= 15 is 0 Å². The molecule has 1 aromatic heterocycles. The van der Waals surface area contributed by atoms with Gasteiger partial charge in [-0.1, -0.05) is 72.6 Å². The lowest BCUT2D eigenvalue weighted by molar-refractivity contribution is -0.141. The zero-order chi connectivity index (χ0) is 29.3. The van der Waals surface area contributed by atoms with E-state index in [0.29, 0.717) is 17.9 Å². The fraction of sp³-hybridized carbons (Fsp3) is 0.333. The van der Waals surface area contributed by atoms with E-state index < -0.39 is 24.0 Å². The standard InChI is InChI=1S/C33H32ClF3N4O/c34-28-12-7-13-29-25(28)14-15-30(39-29)41-20-18-40(19-21-41)17-6-5-16-32(31(42)38-22-33(35,36)37)26-10-3-1-8-23(26)24-9-2-4-11-27(24)32/h1-4,7-15H,5-6,16-22H2,(H,38,42). The summed E-state index contributed by atoms with van der Waals surface area (Å²) in [4.78, 5) is 23.2. The van der Waals surface area contributed by atoms with Crippen molar-refractivity contribution in [3.8, 4) is 11.1 Å². The van der Waals surface area contributed by atoms with Crippen LogP contribution in [0.25, 0.3) is 22.0 Å². The van der Waals surface area contributed by atoms with Gasteiger partial charge in [0.05, 0.1) is 5.52 Å². The minimum Gasteiger partial charge on any atom is -0.354 e. The van der Waals surface area contributed by atoms with Crippen LogP contribution < -0.4 is 10.2 Å². The molecule has 6 rings (SSSR count). The topological polar surface area (TPSA) is 48.5 Å². The molecule has 0 atom stereocenters. The summed E-state index contributed by atoms with van der Waals surface area (Å²) in [5, 5.41) is 3.86. The number of carbonyl (C=O) groups is 1. The number of nitrogens with one attached hydrogen (secondary N) is 1. The van der Waals surface area contributed by atoms with Crippen molar-refractivity contribution in [3.63, 3.8) is 0 Å². The molecule has 0 bridgehead atoms. The van der Waals surface area contributed by atoms with Crippen molar-refractivity contribution < 1.29 is 18.0 Å². The SMILES string of the molecule is O=C(NCC(F)(F)F)C1(CCCCN2CCN(c3ccc4c(Cl)cccc4n3)CC2)c2ccccc2-c2ccccc21. The Hall–Kier alpha value is -3.62. The summed E-state index contributed by atoms with van der Waals surface area (Å²) in [7, 11) is 0. The molecular weight excluding hydrogens is 561 g/mol. The highest BCUT2D eigenvalue weighted by Gasteiger charge is 2.49. The number of hydrogen-bond donors (Lipinski definition) is 1. The fourth-order valence-corrected chi connectivity index (χ4v) is 6.73. The number of fused-ring (bicyclic) bond motifs is 4. The van der Waals surface area contributed by atoms with E-state index in [-0.39, 0.29) is 0 Å². The highest BCUT2D eigenvalue weighted by atomic mass is 35.5. The van der Waals surface area contributed by atoms with E-state index in [9.17, 15) is 18.0 Å². The van der Waals surface area contributed by atoms with Crippen molar-refractivity contribution in [2.24, 2.45) is 0 Å². The first-order valence-electron chi connectivity index (χ1n) is 14.3. The molecule has 1 N–H and O–H groups in total. The number of pyridine rings is 1. The summed E-state index contributed by atoms with van der Waals surface area (Å²) in [6.45, 7) is 2.99. The van der Waals surface area contributed by atoms with Gasteiger partial charge in [0.1, 0.15) is 17.8 Å². The lowest BCUT2D eigenvalue weighted by Crippen LogP contribution is -2.47. The first kappa shape index (κ1) is 28.5. The van der Waals surface area contributed by atoms with Crippen molar-refractivity contribution in [2.45, 2.75) is 30.9 Å². The Bertz CT molecular complexity index is 1550. The Morgan fingerprint density at radius 1 is 0.857 bits per heavy atom. The smallest absolute Gasteiger partial charge is 0.354 e. The summed E-state index contributed by atoms with van der Waals surface area (Å²) in [5.41, 5.74) is 3.12. The largest absolute Gasteiger partial charge is 0.405 e. The van der Waals surface area contributed by atoms with Gasteiger partial charge in [-0.2, -0.15) is 13.2 Å². The van der Waals surface area contributed by atoms with Crippen molar-refractivity contribution in [1.29, 1.82) is 0 Å². The van der Waals surface area contributed by atoms with Gasteiger partial charge in [0.15, 0.2) is 0 Å². The highest BCUT2D eigenvalue weighted by Crippen LogP contribution is 2.51. The van der Waals surface area contributed by atoms with Crippen molar-refractivity contribution >= 4 is 34.2 Å². The number of carbonyl (C=O) groups excluding carboxylic acids is 1. The van der Waals surface area contributed by atoms with Crippen LogP contribution in [0.4, 0.5) is 19.0 Å². The molecule has 42 heavy (non-hydrogen) atoms. The lowest BCUT2D eigenvalue weighted by Gasteiger charge is -2.36. The monoisotopic (exact) mass is 592 g/mol. The molecule has 9 heteroatoms. The molecule has 0 unspecified atom stereocenters. The van der Waals surface area contributed by atoms with Gasteiger partial charge in [0.2, 0.25) is 5.91 Å². The number of hydrogen-bond acceptors (Lipinski definition) is 4. The summed E-state index contributed by atoms with van der Waals surface area (Å²) in [6.07, 6.45) is -2.50. The van der Waals surface area contributed by atoms with Crippen LogP contribution in [0.15, 0.2) is 78.9 Å². The second kappa shape index (κ2) is 11.6. The van der Waals surface area contributed by atoms with Crippen LogP contribution in [0, 0.1) is 0 Å². The minimum absolute atomic E-state index is 0.439. The summed E-state index contributed by atoms with van der Waals surface area (Å²) in [6, 6.07) is 25.0. The van der Waals surface area contributed by atoms with Gasteiger partial charge in [0.25, 0.3) is 0 Å². The molecule has 3 aromatic carbocycles. The molecule has 0 radical (unpaired) electrons. The van der Waals surface area contributed by atoms with E-state index in [2.05, 4.69) is 15.1 Å². The number of aromatic nitrogens is 1. The molecule has 2 aliphatic rings. The third-order valence-electron chi connectivity index (χ3n) is 8.54. The predicted molar refractivity (Wildman–Crippen MR) is 161 cm³/mol. The third-order valence-corrected chi connectivity index (χ3v) is 8.87. The molecular formula is C33H32ClF3N4O. The number of piperazine rings is 1. The summed E-state index contributed by atoms with van der Waals surface area (Å²) in [5.74, 6) is 0.352. The average Bonchev–Trinajstić information content (AvgIpc) is 3.29. The minimum atomic E-state index is -4.48. The van der Waals surface area contributed by atoms with Gasteiger partial charge in [-0.25, -0.2) is 4.98 Å². The van der Waals surface area contributed by atoms with Gasteiger partial charge in [0, 0.05) is 36.6 Å². The first-order valence-corrected chi connectivity index (χ1v) is 14.7. The van der Waals surface area contributed by atoms with E-state index in [1.165, 1.54) is 0 Å². The van der Waals surface area contributed by atoms with Gasteiger partial charge in [-0.05, 0) is 65.9 Å². The molecule has 1 fully saturated rings. The summed E-state index contributed by atoms with van der Waals surface area (Å²) < 4.78 is 39.4. The number of benzene rings is 3. The number of rotatable bonds is 8. The van der Waals surface area contributed by atoms with E-state index in [0.717, 1.165) is 78.1 Å². The first-order chi connectivity index (χ1) is 20.3. The molecule has 4 aromatic rings. The molecule has 1 aliphatic heterocycles. The van der Waals surface area contributed by atoms with Gasteiger partial charge in [-0.15, -0.1) is 0 Å². The van der Waals surface area contributed by atoms with Crippen molar-refractivity contribution in [1.82, 2.24) is 15.2 Å². The average molecular weight is 593 g/mol. The Labute approximate surface area is 248 Å². The zero-order valence-electron chi connectivity index (χ0n) is 23.1. The van der Waals surface area contributed by atoms with E-state index in [1.54, 1.807) is 0 Å². The third kappa shape index (κ3) is 5.45. The molecule has 218 valence electrons. The van der Waals surface area contributed by atoms with Crippen molar-refractivity contribution in [3.05, 3.63) is 95.0 Å². The van der Waals surface area contributed by atoms with Crippen LogP contribution in [0.1, 0.15) is 30.4 Å². The molecule has 1 aliphatic carbocycles. The van der Waals surface area contributed by atoms with Gasteiger partial charge in [-0.3, -0.25) is 9.69 Å². The lowest BCUT2D eigenvalue weighted by atomic mass is 9.73. The molecule has 0 spiro atoms. The number of halogens is 4. The van der Waals surface area contributed by atoms with E-state index in [4.69, 9.17) is 16.6 Å². The number of unbranched alkanes of at least 4 members (excludes halogenated alkanes) is 1. The normalized spacial score (nSPS) is 16.3. The Morgan fingerprint density at radius 3 is 2.19 bits per heavy atom. The number of amides is 1. The second-order valence-corrected chi connectivity index (χ2v) is 11.5. The summed E-state index contributed by atoms with van der Waals surface area (Å²) >= 11 is 6.30. The maximum Gasteiger partial charge on any atom is 0.405 e. The predicted octanol–water partition coefficient (Wildman–Crippen LogP) is 6.83. The molecule has 1 amide bonds. The van der Waals surface area contributed by atoms with Crippen LogP contribution in [0.2, 0.25) is 5.02 Å². The van der Waals surface area contributed by atoms with Crippen LogP contribution >= 0.6 is 11.6 Å². The van der Waals surface area contributed by atoms with Gasteiger partial charge < -0.3 is 10.2 Å². The van der Waals surface area contributed by atoms with Gasteiger partial charge >= 0.3 is 6.18 Å². The number of anilines is 1. The maximum absolute atomic E-state index is 13.7. The quantitative estimate of drug-likeness (QED) is 0.228. The van der Waals surface area contributed by atoms with E-state index in [1.807, 2.05) is 78.9 Å². The molecule has 0 saturated carbocycles. The Morgan fingerprint density at radius 2 is 1.52 bits per heavy atom. The van der Waals surface area contributed by atoms with Crippen LogP contribution in [0.5, 0.6) is 0 Å². The molecule has 1 saturated heterocycles. The second-order valence-electron chi connectivity index (χ2n) is 11.1. The van der Waals surface area contributed by atoms with Crippen LogP contribution in [0.3, 0.4) is 0 Å². The zero-order valence-corrected chi connectivity index (χ0v) is 23.9. The maximum atomic E-state index is 13.7. The number of nitrogens with zero attached hydrogens (tertiary/aromatic N) is 3. The Kier molecular flexibility index (Phi) is 7.85. The highest BCUT2D eigenvalue weighted by molar-refractivity contribution is 6.35. The van der Waals surface area contributed by atoms with Crippen LogP contribution in [-0.2, 0) is 10.2 Å². The van der Waals surface area contributed by atoms with Crippen LogP contribution in [-0.4, -0.2) is 61.2 Å².